The van der Waals surface area contributed by atoms with Crippen LogP contribution in [0.3, 0.4) is 0 Å². The minimum atomic E-state index is 0.365. The number of rotatable bonds is 7. The molecule has 2 N–H and O–H groups in total. The highest BCUT2D eigenvalue weighted by atomic mass is 16.5. The van der Waals surface area contributed by atoms with Crippen LogP contribution in [0.15, 0.2) is 24.5 Å². The van der Waals surface area contributed by atoms with Crippen LogP contribution in [0, 0.1) is 5.92 Å². The molecule has 0 unspecified atom stereocenters. The van der Waals surface area contributed by atoms with Crippen molar-refractivity contribution in [3.05, 3.63) is 35.9 Å². The molecule has 0 spiro atoms. The highest BCUT2D eigenvalue weighted by Crippen LogP contribution is 2.23. The maximum atomic E-state index is 5.80. The first-order valence-electron chi connectivity index (χ1n) is 7.00. The predicted octanol–water partition coefficient (Wildman–Crippen LogP) is 1.98. The van der Waals surface area contributed by atoms with Gasteiger partial charge in [0.05, 0.1) is 7.11 Å². The van der Waals surface area contributed by atoms with Crippen LogP contribution < -0.4 is 15.2 Å². The van der Waals surface area contributed by atoms with E-state index in [-0.39, 0.29) is 0 Å². The molecule has 0 amide bonds. The van der Waals surface area contributed by atoms with E-state index in [9.17, 15) is 0 Å². The third-order valence-corrected chi connectivity index (χ3v) is 3.01. The molecule has 114 valence electrons. The summed E-state index contributed by atoms with van der Waals surface area (Å²) >= 11 is 0. The minimum Gasteiger partial charge on any atom is -0.497 e. The zero-order valence-electron chi connectivity index (χ0n) is 12.7. The number of nitrogens with two attached hydrogens (primary N) is 1. The Kier molecular flexibility index (Phi) is 5.16. The van der Waals surface area contributed by atoms with Crippen LogP contribution in [0.25, 0.3) is 0 Å². The van der Waals surface area contributed by atoms with Crippen molar-refractivity contribution in [2.24, 2.45) is 11.7 Å². The van der Waals surface area contributed by atoms with Gasteiger partial charge in [-0.05, 0) is 23.6 Å². The lowest BCUT2D eigenvalue weighted by Crippen LogP contribution is -2.12. The number of methoxy groups -OCH3 is 1. The van der Waals surface area contributed by atoms with Crippen molar-refractivity contribution in [1.82, 2.24) is 14.8 Å². The molecule has 0 bridgehead atoms. The van der Waals surface area contributed by atoms with E-state index < -0.39 is 0 Å². The van der Waals surface area contributed by atoms with Crippen molar-refractivity contribution >= 4 is 0 Å². The van der Waals surface area contributed by atoms with Crippen molar-refractivity contribution < 1.29 is 9.47 Å². The summed E-state index contributed by atoms with van der Waals surface area (Å²) in [5.41, 5.74) is 6.64. The zero-order chi connectivity index (χ0) is 15.2. The van der Waals surface area contributed by atoms with Gasteiger partial charge >= 0.3 is 0 Å². The highest BCUT2D eigenvalue weighted by molar-refractivity contribution is 5.38. The van der Waals surface area contributed by atoms with E-state index in [0.29, 0.717) is 24.8 Å². The van der Waals surface area contributed by atoms with Gasteiger partial charge in [0.15, 0.2) is 5.82 Å². The first kappa shape index (κ1) is 15.3. The van der Waals surface area contributed by atoms with Crippen LogP contribution in [0.4, 0.5) is 0 Å². The van der Waals surface area contributed by atoms with Gasteiger partial charge in [-0.2, -0.15) is 5.10 Å². The van der Waals surface area contributed by atoms with Crippen LogP contribution in [-0.4, -0.2) is 21.9 Å². The highest BCUT2D eigenvalue weighted by Gasteiger charge is 2.08. The number of hydrogen-bond acceptors (Lipinski definition) is 5. The van der Waals surface area contributed by atoms with Gasteiger partial charge in [0.1, 0.15) is 24.4 Å². The Hall–Kier alpha value is -2.08. The van der Waals surface area contributed by atoms with Gasteiger partial charge in [-0.3, -0.25) is 0 Å². The van der Waals surface area contributed by atoms with E-state index in [1.807, 2.05) is 22.9 Å². The quantitative estimate of drug-likeness (QED) is 0.844. The minimum absolute atomic E-state index is 0.365. The van der Waals surface area contributed by atoms with Crippen molar-refractivity contribution in [1.29, 1.82) is 0 Å². The van der Waals surface area contributed by atoms with Crippen LogP contribution in [-0.2, 0) is 19.7 Å². The van der Waals surface area contributed by atoms with E-state index in [1.165, 1.54) is 0 Å². The lowest BCUT2D eigenvalue weighted by Gasteiger charge is -2.11. The van der Waals surface area contributed by atoms with Crippen LogP contribution >= 0.6 is 0 Å². The van der Waals surface area contributed by atoms with E-state index in [4.69, 9.17) is 15.2 Å². The molecule has 6 nitrogen and oxygen atoms in total. The van der Waals surface area contributed by atoms with Gasteiger partial charge in [-0.15, -0.1) is 0 Å². The zero-order valence-corrected chi connectivity index (χ0v) is 12.7. The van der Waals surface area contributed by atoms with E-state index >= 15 is 0 Å². The fourth-order valence-corrected chi connectivity index (χ4v) is 2.00. The lowest BCUT2D eigenvalue weighted by molar-refractivity contribution is 0.280. The van der Waals surface area contributed by atoms with Crippen LogP contribution in [0.1, 0.15) is 25.2 Å². The van der Waals surface area contributed by atoms with Crippen LogP contribution in [0.2, 0.25) is 0 Å². The average Bonchev–Trinajstić information content (AvgIpc) is 2.91. The molecule has 0 atom stereocenters. The van der Waals surface area contributed by atoms with Gasteiger partial charge in [-0.1, -0.05) is 13.8 Å². The fourth-order valence-electron chi connectivity index (χ4n) is 2.00. The van der Waals surface area contributed by atoms with E-state index in [0.717, 1.165) is 23.7 Å². The molecular formula is C15H22N4O2. The number of hydrogen-bond donors (Lipinski definition) is 1. The molecule has 2 aromatic rings. The molecule has 0 saturated heterocycles. The Labute approximate surface area is 124 Å². The summed E-state index contributed by atoms with van der Waals surface area (Å²) in [6.45, 7) is 5.91. The van der Waals surface area contributed by atoms with Gasteiger partial charge < -0.3 is 15.2 Å². The Bertz CT molecular complexity index is 559. The average molecular weight is 290 g/mol. The number of nitrogens with zero attached hydrogens (tertiary/aromatic N) is 3. The Morgan fingerprint density at radius 3 is 2.67 bits per heavy atom. The monoisotopic (exact) mass is 290 g/mol. The van der Waals surface area contributed by atoms with Gasteiger partial charge in [-0.25, -0.2) is 9.67 Å². The molecule has 2 rings (SSSR count). The molecule has 0 fully saturated rings. The summed E-state index contributed by atoms with van der Waals surface area (Å²) in [5, 5.41) is 4.22. The van der Waals surface area contributed by atoms with E-state index in [1.54, 1.807) is 13.4 Å². The normalized spacial score (nSPS) is 10.9. The molecule has 0 radical (unpaired) electrons. The van der Waals surface area contributed by atoms with Crippen molar-refractivity contribution in [2.75, 3.05) is 7.11 Å². The van der Waals surface area contributed by atoms with Gasteiger partial charge in [0, 0.05) is 19.2 Å². The largest absolute Gasteiger partial charge is 0.497 e. The molecular weight excluding hydrogens is 268 g/mol. The second-order valence-electron chi connectivity index (χ2n) is 5.26. The molecule has 1 heterocycles. The van der Waals surface area contributed by atoms with Crippen molar-refractivity contribution in [3.8, 4) is 11.5 Å². The maximum Gasteiger partial charge on any atom is 0.164 e. The van der Waals surface area contributed by atoms with Crippen molar-refractivity contribution in [2.45, 2.75) is 33.5 Å². The summed E-state index contributed by atoms with van der Waals surface area (Å²) < 4.78 is 12.9. The molecule has 21 heavy (non-hydrogen) atoms. The van der Waals surface area contributed by atoms with E-state index in [2.05, 4.69) is 23.9 Å². The molecule has 1 aromatic carbocycles. The Morgan fingerprint density at radius 1 is 1.24 bits per heavy atom. The summed E-state index contributed by atoms with van der Waals surface area (Å²) in [5.74, 6) is 2.76. The first-order valence-corrected chi connectivity index (χ1v) is 7.00. The number of aromatic nitrogens is 3. The predicted molar refractivity (Wildman–Crippen MR) is 80.1 cm³/mol. The van der Waals surface area contributed by atoms with Crippen molar-refractivity contribution in [3.63, 3.8) is 0 Å². The van der Waals surface area contributed by atoms with Gasteiger partial charge in [0.25, 0.3) is 0 Å². The summed E-state index contributed by atoms with van der Waals surface area (Å²) in [6.07, 6.45) is 1.55. The number of ether oxygens (including phenoxy) is 2. The molecule has 6 heteroatoms. The van der Waals surface area contributed by atoms with Crippen LogP contribution in [0.5, 0.6) is 11.5 Å². The fraction of sp³-hybridized carbons (Fsp3) is 0.467. The summed E-state index contributed by atoms with van der Waals surface area (Å²) in [7, 11) is 1.62. The second kappa shape index (κ2) is 7.08. The third kappa shape index (κ3) is 4.19. The first-order chi connectivity index (χ1) is 10.1. The Balaban J connectivity index is 2.07. The second-order valence-corrected chi connectivity index (χ2v) is 5.26. The molecule has 0 aliphatic carbocycles. The Morgan fingerprint density at radius 2 is 2.00 bits per heavy atom. The summed E-state index contributed by atoms with van der Waals surface area (Å²) in [4.78, 5) is 4.24. The molecule has 0 aliphatic rings. The number of benzene rings is 1. The standard InChI is InChI=1S/C15H22N4O2/c1-11(2)8-19-15(17-10-18-19)9-21-14-5-12(7-16)4-13(6-14)20-3/h4-6,10-11H,7-9,16H2,1-3H3. The molecule has 0 saturated carbocycles. The van der Waals surface area contributed by atoms with Gasteiger partial charge in [0.2, 0.25) is 0 Å². The SMILES string of the molecule is COc1cc(CN)cc(OCc2ncnn2CC(C)C)c1. The lowest BCUT2D eigenvalue weighted by atomic mass is 10.2. The molecule has 1 aromatic heterocycles. The molecule has 0 aliphatic heterocycles. The maximum absolute atomic E-state index is 5.80. The third-order valence-electron chi connectivity index (χ3n) is 3.01. The topological polar surface area (TPSA) is 75.2 Å². The smallest absolute Gasteiger partial charge is 0.164 e. The summed E-state index contributed by atoms with van der Waals surface area (Å²) in [6, 6.07) is 5.64.